The van der Waals surface area contributed by atoms with Gasteiger partial charge in [0.25, 0.3) is 5.91 Å². The van der Waals surface area contributed by atoms with Crippen LogP contribution in [0.5, 0.6) is 5.75 Å². The molecule has 2 aromatic rings. The Bertz CT molecular complexity index is 863. The highest BCUT2D eigenvalue weighted by Gasteiger charge is 2.27. The number of rotatable bonds is 8. The Kier molecular flexibility index (Phi) is 7.37. The van der Waals surface area contributed by atoms with Crippen molar-refractivity contribution < 1.29 is 28.6 Å². The van der Waals surface area contributed by atoms with Crippen LogP contribution in [0.15, 0.2) is 36.4 Å². The van der Waals surface area contributed by atoms with E-state index in [4.69, 9.17) is 14.2 Å². The van der Waals surface area contributed by atoms with E-state index in [1.165, 1.54) is 7.11 Å². The average Bonchev–Trinajstić information content (AvgIpc) is 2.73. The van der Waals surface area contributed by atoms with Crippen molar-refractivity contribution in [3.05, 3.63) is 42.0 Å². The summed E-state index contributed by atoms with van der Waals surface area (Å²) in [6.45, 7) is 3.24. The monoisotopic (exact) mass is 387 g/mol. The lowest BCUT2D eigenvalue weighted by Crippen LogP contribution is -2.47. The predicted molar refractivity (Wildman–Crippen MR) is 104 cm³/mol. The number of nitrogens with one attached hydrogen (secondary N) is 1. The fraction of sp³-hybridized carbons (Fsp3) is 0.381. The zero-order chi connectivity index (χ0) is 20.7. The van der Waals surface area contributed by atoms with Crippen LogP contribution in [0.25, 0.3) is 10.8 Å². The van der Waals surface area contributed by atoms with Gasteiger partial charge in [-0.3, -0.25) is 4.79 Å². The maximum Gasteiger partial charge on any atom is 0.339 e. The molecule has 150 valence electrons. The van der Waals surface area contributed by atoms with E-state index in [0.29, 0.717) is 23.1 Å². The van der Waals surface area contributed by atoms with E-state index in [0.717, 1.165) is 5.39 Å². The summed E-state index contributed by atoms with van der Waals surface area (Å²) in [5, 5.41) is 4.01. The van der Waals surface area contributed by atoms with Crippen molar-refractivity contribution in [1.29, 1.82) is 0 Å². The quantitative estimate of drug-likeness (QED) is 0.701. The van der Waals surface area contributed by atoms with Gasteiger partial charge in [0, 0.05) is 5.39 Å². The second-order valence-electron chi connectivity index (χ2n) is 6.39. The van der Waals surface area contributed by atoms with Crippen LogP contribution in [0.3, 0.4) is 0 Å². The summed E-state index contributed by atoms with van der Waals surface area (Å²) in [5.41, 5.74) is 0.329. The summed E-state index contributed by atoms with van der Waals surface area (Å²) in [5.74, 6) is -1.21. The molecule has 0 aliphatic rings. The number of carbonyl (C=O) groups is 3. The van der Waals surface area contributed by atoms with Crippen LogP contribution in [0.4, 0.5) is 0 Å². The maximum absolute atomic E-state index is 12.5. The third kappa shape index (κ3) is 4.79. The van der Waals surface area contributed by atoms with Crippen LogP contribution in [0.2, 0.25) is 0 Å². The molecule has 0 unspecified atom stereocenters. The third-order valence-electron chi connectivity index (χ3n) is 4.64. The lowest BCUT2D eigenvalue weighted by Gasteiger charge is -2.21. The number of ether oxygens (including phenoxy) is 3. The molecule has 1 N–H and O–H groups in total. The predicted octanol–water partition coefficient (Wildman–Crippen LogP) is 2.71. The molecule has 2 rings (SSSR count). The Balaban J connectivity index is 2.09. The summed E-state index contributed by atoms with van der Waals surface area (Å²) in [6.07, 6.45) is 0.678. The minimum atomic E-state index is -0.789. The molecule has 7 heteroatoms. The van der Waals surface area contributed by atoms with Gasteiger partial charge >= 0.3 is 11.9 Å². The number of hydrogen-bond donors (Lipinski definition) is 1. The molecule has 0 aliphatic carbocycles. The number of esters is 2. The van der Waals surface area contributed by atoms with E-state index in [1.54, 1.807) is 31.4 Å². The van der Waals surface area contributed by atoms with Crippen LogP contribution in [-0.4, -0.2) is 44.7 Å². The zero-order valence-electron chi connectivity index (χ0n) is 16.5. The van der Waals surface area contributed by atoms with Crippen molar-refractivity contribution in [3.63, 3.8) is 0 Å². The molecule has 0 saturated heterocycles. The first-order valence-corrected chi connectivity index (χ1v) is 9.02. The smallest absolute Gasteiger partial charge is 0.339 e. The Morgan fingerprint density at radius 1 is 1.04 bits per heavy atom. The van der Waals surface area contributed by atoms with Gasteiger partial charge in [0.1, 0.15) is 11.8 Å². The van der Waals surface area contributed by atoms with Crippen molar-refractivity contribution >= 4 is 28.6 Å². The van der Waals surface area contributed by atoms with Gasteiger partial charge in [0.2, 0.25) is 0 Å². The van der Waals surface area contributed by atoms with Gasteiger partial charge in [0.15, 0.2) is 6.61 Å². The lowest BCUT2D eigenvalue weighted by molar-refractivity contribution is -0.147. The van der Waals surface area contributed by atoms with Crippen molar-refractivity contribution in [2.75, 3.05) is 20.8 Å². The molecule has 28 heavy (non-hydrogen) atoms. The fourth-order valence-corrected chi connectivity index (χ4v) is 2.85. The van der Waals surface area contributed by atoms with Gasteiger partial charge in [-0.1, -0.05) is 44.5 Å². The average molecular weight is 387 g/mol. The molecule has 1 amide bonds. The molecule has 0 aliphatic heterocycles. The topological polar surface area (TPSA) is 90.9 Å². The van der Waals surface area contributed by atoms with Gasteiger partial charge in [0.05, 0.1) is 19.8 Å². The Morgan fingerprint density at radius 2 is 1.71 bits per heavy atom. The molecule has 7 nitrogen and oxygen atoms in total. The van der Waals surface area contributed by atoms with Gasteiger partial charge in [-0.15, -0.1) is 0 Å². The molecule has 0 bridgehead atoms. The first kappa shape index (κ1) is 21.2. The third-order valence-corrected chi connectivity index (χ3v) is 4.64. The molecule has 0 aromatic heterocycles. The van der Waals surface area contributed by atoms with Crippen LogP contribution < -0.4 is 10.1 Å². The van der Waals surface area contributed by atoms with Gasteiger partial charge in [-0.25, -0.2) is 9.59 Å². The van der Waals surface area contributed by atoms with Crippen LogP contribution in [-0.2, 0) is 19.1 Å². The molecule has 2 atom stereocenters. The molecular formula is C21H25NO6. The van der Waals surface area contributed by atoms with E-state index >= 15 is 0 Å². The summed E-state index contributed by atoms with van der Waals surface area (Å²) in [7, 11) is 2.82. The number of amides is 1. The Morgan fingerprint density at radius 3 is 2.32 bits per heavy atom. The lowest BCUT2D eigenvalue weighted by atomic mass is 9.99. The summed E-state index contributed by atoms with van der Waals surface area (Å²) >= 11 is 0. The van der Waals surface area contributed by atoms with Crippen LogP contribution >= 0.6 is 0 Å². The molecule has 0 fully saturated rings. The van der Waals surface area contributed by atoms with E-state index in [9.17, 15) is 14.4 Å². The van der Waals surface area contributed by atoms with E-state index in [1.807, 2.05) is 26.0 Å². The largest absolute Gasteiger partial charge is 0.496 e. The minimum Gasteiger partial charge on any atom is -0.496 e. The second-order valence-corrected chi connectivity index (χ2v) is 6.39. The van der Waals surface area contributed by atoms with Crippen LogP contribution in [0.1, 0.15) is 30.6 Å². The first-order chi connectivity index (χ1) is 13.4. The Labute approximate surface area is 164 Å². The van der Waals surface area contributed by atoms with Crippen molar-refractivity contribution in [2.24, 2.45) is 5.92 Å². The number of benzene rings is 2. The highest BCUT2D eigenvalue weighted by Crippen LogP contribution is 2.28. The Hall–Kier alpha value is -3.09. The zero-order valence-corrected chi connectivity index (χ0v) is 16.5. The standard InChI is InChI=1S/C21H25NO6/c1-5-13(2)19(21(25)27-4)22-18(23)12-28-20(24)16-10-11-17(26-3)15-9-7-6-8-14(15)16/h6-11,13,19H,5,12H2,1-4H3,(H,22,23)/t13-,19-/m0/s1. The van der Waals surface area contributed by atoms with Gasteiger partial charge in [-0.05, 0) is 23.4 Å². The number of fused-ring (bicyclic) bond motifs is 1. The highest BCUT2D eigenvalue weighted by atomic mass is 16.5. The molecule has 0 spiro atoms. The molecule has 2 aromatic carbocycles. The van der Waals surface area contributed by atoms with Gasteiger partial charge < -0.3 is 19.5 Å². The van der Waals surface area contributed by atoms with E-state index in [2.05, 4.69) is 5.32 Å². The van der Waals surface area contributed by atoms with E-state index < -0.39 is 30.5 Å². The summed E-state index contributed by atoms with van der Waals surface area (Å²) in [4.78, 5) is 36.5. The summed E-state index contributed by atoms with van der Waals surface area (Å²) < 4.78 is 15.2. The molecule has 0 saturated carbocycles. The molecular weight excluding hydrogens is 362 g/mol. The molecule has 0 radical (unpaired) electrons. The second kappa shape index (κ2) is 9.73. The van der Waals surface area contributed by atoms with Crippen molar-refractivity contribution in [1.82, 2.24) is 5.32 Å². The highest BCUT2D eigenvalue weighted by molar-refractivity contribution is 6.06. The number of carbonyl (C=O) groups excluding carboxylic acids is 3. The summed E-state index contributed by atoms with van der Waals surface area (Å²) in [6, 6.07) is 9.75. The maximum atomic E-state index is 12.5. The molecule has 0 heterocycles. The fourth-order valence-electron chi connectivity index (χ4n) is 2.85. The first-order valence-electron chi connectivity index (χ1n) is 9.02. The van der Waals surface area contributed by atoms with Crippen LogP contribution in [0, 0.1) is 5.92 Å². The van der Waals surface area contributed by atoms with Gasteiger partial charge in [-0.2, -0.15) is 0 Å². The number of hydrogen-bond acceptors (Lipinski definition) is 6. The van der Waals surface area contributed by atoms with Crippen molar-refractivity contribution in [2.45, 2.75) is 26.3 Å². The normalized spacial score (nSPS) is 12.7. The number of methoxy groups -OCH3 is 2. The van der Waals surface area contributed by atoms with E-state index in [-0.39, 0.29) is 5.92 Å². The SMILES string of the molecule is CC[C@H](C)[C@H](NC(=O)COC(=O)c1ccc(OC)c2ccccc12)C(=O)OC. The minimum absolute atomic E-state index is 0.113. The van der Waals surface area contributed by atoms with Crippen molar-refractivity contribution in [3.8, 4) is 5.75 Å².